The number of carbonyl (C=O) groups excluding carboxylic acids is 1. The van der Waals surface area contributed by atoms with E-state index in [0.29, 0.717) is 32.0 Å². The number of rotatable bonds is 2. The number of hydrogen-bond donors (Lipinski definition) is 0. The van der Waals surface area contributed by atoms with Crippen molar-refractivity contribution >= 4 is 17.3 Å². The van der Waals surface area contributed by atoms with Crippen LogP contribution in [0.1, 0.15) is 12.8 Å². The van der Waals surface area contributed by atoms with E-state index < -0.39 is 10.7 Å². The van der Waals surface area contributed by atoms with Crippen LogP contribution in [-0.4, -0.2) is 60.4 Å². The second-order valence-electron chi connectivity index (χ2n) is 6.46. The molecule has 8 nitrogen and oxygen atoms in total. The Bertz CT molecular complexity index is 673. The van der Waals surface area contributed by atoms with E-state index in [2.05, 4.69) is 4.90 Å². The molecule has 128 valence electrons. The first kappa shape index (κ1) is 15.5. The van der Waals surface area contributed by atoms with Gasteiger partial charge < -0.3 is 14.4 Å². The Labute approximate surface area is 139 Å². The van der Waals surface area contributed by atoms with Gasteiger partial charge in [-0.25, -0.2) is 0 Å². The molecule has 24 heavy (non-hydrogen) atoms. The maximum Gasteiger partial charge on any atom is 0.292 e. The molecule has 0 N–H and O–H groups in total. The summed E-state index contributed by atoms with van der Waals surface area (Å²) >= 11 is 0. The minimum Gasteiger partial charge on any atom is -0.346 e. The maximum absolute atomic E-state index is 12.6. The van der Waals surface area contributed by atoms with Gasteiger partial charge in [0.25, 0.3) is 5.69 Å². The normalized spacial score (nSPS) is 26.6. The summed E-state index contributed by atoms with van der Waals surface area (Å²) in [7, 11) is 0. The summed E-state index contributed by atoms with van der Waals surface area (Å²) in [6.07, 6.45) is 1.62. The van der Waals surface area contributed by atoms with Crippen LogP contribution >= 0.6 is 0 Å². The lowest BCUT2D eigenvalue weighted by atomic mass is 9.94. The lowest BCUT2D eigenvalue weighted by molar-refractivity contribution is -0.384. The summed E-state index contributed by atoms with van der Waals surface area (Å²) in [6.45, 7) is 2.45. The summed E-state index contributed by atoms with van der Waals surface area (Å²) in [5.74, 6) is -0.701. The number of piperidine rings is 1. The first-order valence-electron chi connectivity index (χ1n) is 8.14. The van der Waals surface area contributed by atoms with Crippen LogP contribution in [0.5, 0.6) is 0 Å². The van der Waals surface area contributed by atoms with E-state index in [1.807, 2.05) is 0 Å². The molecular formula is C16H19N3O5. The fourth-order valence-corrected chi connectivity index (χ4v) is 3.86. The number of hydrogen-bond acceptors (Lipinski definition) is 6. The van der Waals surface area contributed by atoms with Crippen molar-refractivity contribution in [2.45, 2.75) is 24.7 Å². The second kappa shape index (κ2) is 5.80. The third-order valence-electron chi connectivity index (χ3n) is 5.03. The molecule has 8 heteroatoms. The zero-order valence-corrected chi connectivity index (χ0v) is 13.2. The number of amides is 1. The number of nitrogens with zero attached hydrogens (tertiary/aromatic N) is 3. The predicted molar refractivity (Wildman–Crippen MR) is 84.7 cm³/mol. The number of anilines is 1. The highest BCUT2D eigenvalue weighted by Crippen LogP contribution is 2.36. The van der Waals surface area contributed by atoms with Crippen molar-refractivity contribution in [3.8, 4) is 0 Å². The molecule has 4 rings (SSSR count). The van der Waals surface area contributed by atoms with Gasteiger partial charge in [0, 0.05) is 25.1 Å². The summed E-state index contributed by atoms with van der Waals surface area (Å²) in [4.78, 5) is 27.1. The van der Waals surface area contributed by atoms with Crippen LogP contribution in [0.3, 0.4) is 0 Å². The van der Waals surface area contributed by atoms with Crippen LogP contribution in [0, 0.1) is 10.1 Å². The number of ether oxygens (including phenoxy) is 2. The van der Waals surface area contributed by atoms with Crippen LogP contribution in [0.4, 0.5) is 11.4 Å². The average molecular weight is 333 g/mol. The highest BCUT2D eigenvalue weighted by molar-refractivity contribution is 5.97. The molecule has 0 aliphatic carbocycles. The number of fused-ring (bicyclic) bond motifs is 1. The lowest BCUT2D eigenvalue weighted by Gasteiger charge is -2.48. The molecule has 3 saturated heterocycles. The molecule has 0 bridgehead atoms. The van der Waals surface area contributed by atoms with Crippen molar-refractivity contribution in [2.75, 3.05) is 37.7 Å². The third-order valence-corrected chi connectivity index (χ3v) is 5.03. The molecule has 1 aromatic rings. The first-order valence-corrected chi connectivity index (χ1v) is 8.14. The van der Waals surface area contributed by atoms with E-state index >= 15 is 0 Å². The number of para-hydroxylation sites is 2. The minimum absolute atomic E-state index is 0.0333. The molecule has 3 aliphatic rings. The Balaban J connectivity index is 1.56. The molecule has 3 fully saturated rings. The largest absolute Gasteiger partial charge is 0.346 e. The van der Waals surface area contributed by atoms with Crippen molar-refractivity contribution in [1.82, 2.24) is 4.90 Å². The predicted octanol–water partition coefficient (Wildman–Crippen LogP) is 1.15. The number of carbonyl (C=O) groups is 1. The van der Waals surface area contributed by atoms with Crippen molar-refractivity contribution in [1.29, 1.82) is 0 Å². The molecule has 1 spiro atoms. The van der Waals surface area contributed by atoms with Crippen LogP contribution < -0.4 is 4.90 Å². The van der Waals surface area contributed by atoms with Gasteiger partial charge in [-0.1, -0.05) is 12.1 Å². The van der Waals surface area contributed by atoms with Crippen molar-refractivity contribution < 1.29 is 19.2 Å². The highest BCUT2D eigenvalue weighted by atomic mass is 16.7. The van der Waals surface area contributed by atoms with Gasteiger partial charge in [0.05, 0.1) is 31.2 Å². The molecule has 1 aromatic carbocycles. The standard InChI is InChI=1S/C16H19N3O5/c20-15-10-17-11-16(23-7-8-24-16)6-5-12(17)9-18(15)13-3-1-2-4-14(13)19(21)22/h1-4,12H,5-11H2. The van der Waals surface area contributed by atoms with Crippen LogP contribution in [0.2, 0.25) is 0 Å². The lowest BCUT2D eigenvalue weighted by Crippen LogP contribution is -2.63. The van der Waals surface area contributed by atoms with E-state index in [4.69, 9.17) is 9.47 Å². The van der Waals surface area contributed by atoms with Gasteiger partial charge in [-0.15, -0.1) is 0 Å². The van der Waals surface area contributed by atoms with Gasteiger partial charge in [0.15, 0.2) is 5.79 Å². The summed E-state index contributed by atoms with van der Waals surface area (Å²) in [5.41, 5.74) is 0.342. The minimum atomic E-state index is -0.572. The highest BCUT2D eigenvalue weighted by Gasteiger charge is 2.47. The van der Waals surface area contributed by atoms with Crippen molar-refractivity contribution in [3.05, 3.63) is 34.4 Å². The molecule has 3 heterocycles. The van der Waals surface area contributed by atoms with Crippen LogP contribution in [0.25, 0.3) is 0 Å². The summed E-state index contributed by atoms with van der Waals surface area (Å²) in [5, 5.41) is 11.2. The second-order valence-corrected chi connectivity index (χ2v) is 6.46. The molecular weight excluding hydrogens is 314 g/mol. The maximum atomic E-state index is 12.6. The number of nitro benzene ring substituents is 1. The van der Waals surface area contributed by atoms with Gasteiger partial charge >= 0.3 is 0 Å². The Kier molecular flexibility index (Phi) is 3.75. The zero-order valence-electron chi connectivity index (χ0n) is 13.2. The molecule has 0 saturated carbocycles. The monoisotopic (exact) mass is 333 g/mol. The molecule has 1 atom stereocenters. The molecule has 1 amide bonds. The number of benzene rings is 1. The Morgan fingerprint density at radius 1 is 1.25 bits per heavy atom. The van der Waals surface area contributed by atoms with Crippen LogP contribution in [0.15, 0.2) is 24.3 Å². The van der Waals surface area contributed by atoms with Gasteiger partial charge in [-0.2, -0.15) is 0 Å². The summed E-state index contributed by atoms with van der Waals surface area (Å²) < 4.78 is 11.5. The number of nitro groups is 1. The average Bonchev–Trinajstić information content (AvgIpc) is 3.02. The van der Waals surface area contributed by atoms with E-state index in [0.717, 1.165) is 12.8 Å². The topological polar surface area (TPSA) is 85.2 Å². The molecule has 1 unspecified atom stereocenters. The van der Waals surface area contributed by atoms with Crippen molar-refractivity contribution in [3.63, 3.8) is 0 Å². The van der Waals surface area contributed by atoms with E-state index in [-0.39, 0.29) is 24.2 Å². The van der Waals surface area contributed by atoms with Gasteiger partial charge in [0.1, 0.15) is 5.69 Å². The molecule has 3 aliphatic heterocycles. The van der Waals surface area contributed by atoms with Crippen molar-refractivity contribution in [2.24, 2.45) is 0 Å². The third kappa shape index (κ3) is 2.56. The SMILES string of the molecule is O=C1CN2CC3(CCC2CN1c1ccccc1[N+](=O)[O-])OCCO3. The fourth-order valence-electron chi connectivity index (χ4n) is 3.86. The zero-order chi connectivity index (χ0) is 16.7. The smallest absolute Gasteiger partial charge is 0.292 e. The quantitative estimate of drug-likeness (QED) is 0.596. The molecule has 0 aromatic heterocycles. The Morgan fingerprint density at radius 3 is 2.75 bits per heavy atom. The van der Waals surface area contributed by atoms with E-state index in [9.17, 15) is 14.9 Å². The Morgan fingerprint density at radius 2 is 2.00 bits per heavy atom. The van der Waals surface area contributed by atoms with E-state index in [1.54, 1.807) is 23.1 Å². The van der Waals surface area contributed by atoms with Gasteiger partial charge in [-0.3, -0.25) is 19.8 Å². The first-order chi connectivity index (χ1) is 11.6. The number of piperazine rings is 1. The van der Waals surface area contributed by atoms with Gasteiger partial charge in [0.2, 0.25) is 5.91 Å². The van der Waals surface area contributed by atoms with Crippen LogP contribution in [-0.2, 0) is 14.3 Å². The summed E-state index contributed by atoms with van der Waals surface area (Å²) in [6, 6.07) is 6.57. The van der Waals surface area contributed by atoms with Gasteiger partial charge in [-0.05, 0) is 12.5 Å². The van der Waals surface area contributed by atoms with E-state index in [1.165, 1.54) is 6.07 Å². The Hall–Kier alpha value is -2.03. The fraction of sp³-hybridized carbons (Fsp3) is 0.562. The molecule has 0 radical (unpaired) electrons.